The van der Waals surface area contributed by atoms with Crippen LogP contribution in [-0.2, 0) is 19.2 Å². The van der Waals surface area contributed by atoms with Crippen molar-refractivity contribution in [3.05, 3.63) is 119 Å². The molecule has 4 aromatic rings. The largest absolute Gasteiger partial charge is 0.508 e. The van der Waals surface area contributed by atoms with Crippen LogP contribution in [0.2, 0.25) is 0 Å². The zero-order chi connectivity index (χ0) is 34.4. The molecule has 8 rings (SSSR count). The summed E-state index contributed by atoms with van der Waals surface area (Å²) in [7, 11) is 0. The van der Waals surface area contributed by atoms with Crippen molar-refractivity contribution in [3.63, 3.8) is 0 Å². The number of phenols is 1. The number of anilines is 1. The number of carbonyl (C=O) groups excluding carboxylic acids is 5. The molecule has 246 valence electrons. The number of amides is 4. The van der Waals surface area contributed by atoms with Crippen molar-refractivity contribution in [2.45, 2.75) is 28.5 Å². The number of phenolic OH excluding ortho intramolecular Hbond substituents is 1. The number of rotatable bonds is 5. The third-order valence-electron chi connectivity index (χ3n) is 10.7. The number of aromatic hydroxyl groups is 1. The maximum atomic E-state index is 14.4. The summed E-state index contributed by atoms with van der Waals surface area (Å²) in [6.45, 7) is 0. The minimum Gasteiger partial charge on any atom is -0.508 e. The molecule has 1 saturated carbocycles. The van der Waals surface area contributed by atoms with Crippen molar-refractivity contribution in [2.75, 3.05) is 10.4 Å². The van der Waals surface area contributed by atoms with E-state index < -0.39 is 57.0 Å². The Hall–Kier alpha value is -4.31. The van der Waals surface area contributed by atoms with Gasteiger partial charge in [0.05, 0.1) is 23.0 Å². The number of hydrogen-bond acceptors (Lipinski definition) is 6. The van der Waals surface area contributed by atoms with Crippen molar-refractivity contribution < 1.29 is 29.1 Å². The topological polar surface area (TPSA) is 112 Å². The van der Waals surface area contributed by atoms with Crippen LogP contribution in [0, 0.1) is 17.8 Å². The summed E-state index contributed by atoms with van der Waals surface area (Å²) in [5.41, 5.74) is 2.01. The van der Waals surface area contributed by atoms with Gasteiger partial charge in [0.2, 0.25) is 11.8 Å². The molecule has 0 unspecified atom stereocenters. The summed E-state index contributed by atoms with van der Waals surface area (Å²) in [6, 6.07) is 25.7. The number of ketones is 1. The SMILES string of the molecule is O=C(c1ccccc1)c1ccc(N2C(=O)[C@H]3[C@H](CC=C4[C@H]3C[C@@]3(Cl)C(=O)N(CBr)C(=O)[C@@]3(Cl)[C@H]4c3c(O)ccc4ccccc34)C2=O)cc1. The molecule has 4 amide bonds. The second-order valence-corrected chi connectivity index (χ2v) is 14.7. The van der Waals surface area contributed by atoms with Crippen molar-refractivity contribution in [2.24, 2.45) is 17.8 Å². The van der Waals surface area contributed by atoms with Gasteiger partial charge in [0.1, 0.15) is 5.75 Å². The van der Waals surface area contributed by atoms with Gasteiger partial charge in [0, 0.05) is 22.6 Å². The van der Waals surface area contributed by atoms with Crippen molar-refractivity contribution >= 4 is 85.0 Å². The first-order chi connectivity index (χ1) is 23.5. The molecule has 4 aliphatic rings. The molecular formula is C38H27BrCl2N2O6. The number of halogens is 3. The second-order valence-electron chi connectivity index (χ2n) is 13.0. The van der Waals surface area contributed by atoms with E-state index in [0.29, 0.717) is 33.3 Å². The van der Waals surface area contributed by atoms with Gasteiger partial charge in [-0.05, 0) is 59.9 Å². The monoisotopic (exact) mass is 756 g/mol. The molecule has 49 heavy (non-hydrogen) atoms. The van der Waals surface area contributed by atoms with Gasteiger partial charge in [-0.25, -0.2) is 0 Å². The van der Waals surface area contributed by atoms with Gasteiger partial charge in [-0.2, -0.15) is 0 Å². The number of benzene rings is 4. The van der Waals surface area contributed by atoms with Crippen LogP contribution in [0.15, 0.2) is 103 Å². The molecule has 0 spiro atoms. The predicted octanol–water partition coefficient (Wildman–Crippen LogP) is 6.69. The van der Waals surface area contributed by atoms with Crippen LogP contribution < -0.4 is 4.90 Å². The van der Waals surface area contributed by atoms with Crippen LogP contribution >= 0.6 is 39.1 Å². The van der Waals surface area contributed by atoms with Crippen LogP contribution in [0.3, 0.4) is 0 Å². The fraction of sp³-hybridized carbons (Fsp3) is 0.237. The molecule has 0 aromatic heterocycles. The lowest BCUT2D eigenvalue weighted by molar-refractivity contribution is -0.138. The van der Waals surface area contributed by atoms with Crippen LogP contribution in [-0.4, -0.2) is 54.6 Å². The first-order valence-corrected chi connectivity index (χ1v) is 17.7. The predicted molar refractivity (Wildman–Crippen MR) is 188 cm³/mol. The number of nitrogens with zero attached hydrogens (tertiary/aromatic N) is 2. The van der Waals surface area contributed by atoms with Crippen LogP contribution in [0.25, 0.3) is 10.8 Å². The van der Waals surface area contributed by atoms with Crippen LogP contribution in [0.1, 0.15) is 40.2 Å². The zero-order valence-corrected chi connectivity index (χ0v) is 28.8. The molecule has 8 nitrogen and oxygen atoms in total. The minimum absolute atomic E-state index is 0.135. The lowest BCUT2D eigenvalue weighted by atomic mass is 9.56. The second kappa shape index (κ2) is 11.4. The van der Waals surface area contributed by atoms with Gasteiger partial charge in [-0.3, -0.25) is 33.8 Å². The Morgan fingerprint density at radius 3 is 2.20 bits per heavy atom. The molecule has 2 aliphatic heterocycles. The normalized spacial score (nSPS) is 29.2. The molecule has 4 aromatic carbocycles. The Labute approximate surface area is 299 Å². The third kappa shape index (κ3) is 4.31. The maximum Gasteiger partial charge on any atom is 0.254 e. The van der Waals surface area contributed by atoms with Crippen LogP contribution in [0.5, 0.6) is 5.75 Å². The molecule has 2 saturated heterocycles. The molecule has 1 N–H and O–H groups in total. The summed E-state index contributed by atoms with van der Waals surface area (Å²) in [5.74, 6) is -6.11. The average molecular weight is 758 g/mol. The number of imide groups is 2. The van der Waals surface area contributed by atoms with Crippen molar-refractivity contribution in [3.8, 4) is 5.75 Å². The van der Waals surface area contributed by atoms with E-state index >= 15 is 0 Å². The van der Waals surface area contributed by atoms with Gasteiger partial charge < -0.3 is 5.11 Å². The first kappa shape index (κ1) is 31.9. The van der Waals surface area contributed by atoms with Gasteiger partial charge in [0.15, 0.2) is 15.5 Å². The summed E-state index contributed by atoms with van der Waals surface area (Å²) in [6.07, 6.45) is 1.85. The average Bonchev–Trinajstić information content (AvgIpc) is 3.46. The zero-order valence-electron chi connectivity index (χ0n) is 25.7. The first-order valence-electron chi connectivity index (χ1n) is 15.8. The van der Waals surface area contributed by atoms with E-state index in [2.05, 4.69) is 15.9 Å². The highest BCUT2D eigenvalue weighted by Crippen LogP contribution is 2.66. The number of fused-ring (bicyclic) bond motifs is 5. The number of hydrogen-bond donors (Lipinski definition) is 1. The van der Waals surface area contributed by atoms with E-state index in [1.807, 2.05) is 24.3 Å². The summed E-state index contributed by atoms with van der Waals surface area (Å²) in [5, 5.41) is 12.8. The van der Waals surface area contributed by atoms with E-state index in [1.54, 1.807) is 66.7 Å². The van der Waals surface area contributed by atoms with Crippen molar-refractivity contribution in [1.82, 2.24) is 4.90 Å². The summed E-state index contributed by atoms with van der Waals surface area (Å²) >= 11 is 18.0. The van der Waals surface area contributed by atoms with Gasteiger partial charge in [-0.15, -0.1) is 23.2 Å². The summed E-state index contributed by atoms with van der Waals surface area (Å²) < 4.78 is 0. The molecule has 11 heteroatoms. The van der Waals surface area contributed by atoms with Crippen molar-refractivity contribution in [1.29, 1.82) is 0 Å². The maximum absolute atomic E-state index is 14.4. The molecule has 3 fully saturated rings. The molecule has 2 heterocycles. The van der Waals surface area contributed by atoms with Gasteiger partial charge in [-0.1, -0.05) is 88.2 Å². The summed E-state index contributed by atoms with van der Waals surface area (Å²) in [4.78, 5) is 67.7. The molecule has 2 aliphatic carbocycles. The van der Waals surface area contributed by atoms with E-state index in [-0.39, 0.29) is 29.8 Å². The number of allylic oxidation sites excluding steroid dienone is 2. The van der Waals surface area contributed by atoms with E-state index in [1.165, 1.54) is 6.07 Å². The Kier molecular flexibility index (Phi) is 7.41. The molecular weight excluding hydrogens is 731 g/mol. The number of carbonyl (C=O) groups is 5. The van der Waals surface area contributed by atoms with Crippen LogP contribution in [0.4, 0.5) is 5.69 Å². The Balaban J connectivity index is 1.23. The molecule has 6 atom stereocenters. The fourth-order valence-corrected chi connectivity index (χ4v) is 9.84. The standard InChI is InChI=1S/C38H27BrCl2N2O6/c39-19-42-35(48)37(40)18-27-25(31(38(37,41)36(42)49)30-24-9-5-4-6-20(24)12-17-28(30)44)15-16-26-29(27)34(47)43(33(26)46)23-13-10-22(11-14-23)32(45)21-7-2-1-3-8-21/h1-15,17,26-27,29,31,44H,16,18-19H2/t26-,27+,29-,31+,37+,38-/m0/s1. The highest BCUT2D eigenvalue weighted by Gasteiger charge is 2.76. The minimum atomic E-state index is -2.04. The Morgan fingerprint density at radius 1 is 0.816 bits per heavy atom. The third-order valence-corrected chi connectivity index (χ3v) is 12.6. The lowest BCUT2D eigenvalue weighted by Gasteiger charge is -2.51. The van der Waals surface area contributed by atoms with Gasteiger partial charge >= 0.3 is 0 Å². The molecule has 0 bridgehead atoms. The van der Waals surface area contributed by atoms with Gasteiger partial charge in [0.25, 0.3) is 11.8 Å². The highest BCUT2D eigenvalue weighted by atomic mass is 79.9. The smallest absolute Gasteiger partial charge is 0.254 e. The Morgan fingerprint density at radius 2 is 1.49 bits per heavy atom. The molecule has 0 radical (unpaired) electrons. The lowest BCUT2D eigenvalue weighted by Crippen LogP contribution is -2.60. The van der Waals surface area contributed by atoms with E-state index in [9.17, 15) is 29.1 Å². The van der Waals surface area contributed by atoms with E-state index in [0.717, 1.165) is 15.2 Å². The van der Waals surface area contributed by atoms with E-state index in [4.69, 9.17) is 23.2 Å². The number of likely N-dealkylation sites (tertiary alicyclic amines) is 1. The Bertz CT molecular complexity index is 2160. The quantitative estimate of drug-likeness (QED) is 0.0799. The highest BCUT2D eigenvalue weighted by molar-refractivity contribution is 9.09. The number of alkyl halides is 3. The fourth-order valence-electron chi connectivity index (χ4n) is 8.43.